The van der Waals surface area contributed by atoms with Gasteiger partial charge in [0.05, 0.1) is 16.3 Å². The van der Waals surface area contributed by atoms with Gasteiger partial charge in [0.1, 0.15) is 16.4 Å². The predicted molar refractivity (Wildman–Crippen MR) is 97.9 cm³/mol. The van der Waals surface area contributed by atoms with Crippen LogP contribution in [0.1, 0.15) is 21.6 Å². The van der Waals surface area contributed by atoms with E-state index in [2.05, 4.69) is 37.4 Å². The third-order valence-electron chi connectivity index (χ3n) is 3.48. The lowest BCUT2D eigenvalue weighted by Crippen LogP contribution is -2.19. The molecule has 1 aromatic carbocycles. The maximum absolute atomic E-state index is 12.8. The molecular formula is C17H11BrClN5O. The molecule has 3 rings (SSSR count). The van der Waals surface area contributed by atoms with Crippen LogP contribution < -0.4 is 5.32 Å². The molecule has 0 saturated heterocycles. The van der Waals surface area contributed by atoms with Gasteiger partial charge in [-0.2, -0.15) is 10.4 Å². The van der Waals surface area contributed by atoms with Crippen molar-refractivity contribution >= 4 is 39.1 Å². The lowest BCUT2D eigenvalue weighted by Gasteiger charge is -2.11. The summed E-state index contributed by atoms with van der Waals surface area (Å²) < 4.78 is 1.82. The summed E-state index contributed by atoms with van der Waals surface area (Å²) in [5, 5.41) is 16.6. The van der Waals surface area contributed by atoms with Crippen LogP contribution in [0.4, 0.5) is 5.69 Å². The Balaban J connectivity index is 2.03. The molecular weight excluding hydrogens is 406 g/mol. The molecule has 124 valence electrons. The van der Waals surface area contributed by atoms with Crippen LogP contribution in [-0.4, -0.2) is 20.7 Å². The summed E-state index contributed by atoms with van der Waals surface area (Å²) in [4.78, 5) is 17.0. The Morgan fingerprint density at radius 2 is 2.16 bits per heavy atom. The van der Waals surface area contributed by atoms with E-state index in [1.807, 2.05) is 13.0 Å². The quantitative estimate of drug-likeness (QED) is 0.696. The molecule has 0 bridgehead atoms. The highest BCUT2D eigenvalue weighted by molar-refractivity contribution is 9.10. The van der Waals surface area contributed by atoms with Crippen molar-refractivity contribution in [3.8, 4) is 11.9 Å². The zero-order valence-electron chi connectivity index (χ0n) is 13.0. The SMILES string of the molecule is Cc1cccc(C#N)c1NC(=O)c1cc(Br)nn1-c1ncccc1Cl. The third-order valence-corrected chi connectivity index (χ3v) is 4.17. The average molecular weight is 417 g/mol. The number of anilines is 1. The van der Waals surface area contributed by atoms with E-state index in [-0.39, 0.29) is 5.69 Å². The molecule has 8 heteroatoms. The molecule has 1 N–H and O–H groups in total. The molecule has 0 radical (unpaired) electrons. The van der Waals surface area contributed by atoms with Gasteiger partial charge in [0.25, 0.3) is 5.91 Å². The Morgan fingerprint density at radius 1 is 1.36 bits per heavy atom. The van der Waals surface area contributed by atoms with Gasteiger partial charge in [-0.3, -0.25) is 4.79 Å². The van der Waals surface area contributed by atoms with Crippen molar-refractivity contribution in [2.45, 2.75) is 6.92 Å². The van der Waals surface area contributed by atoms with E-state index < -0.39 is 5.91 Å². The fraction of sp³-hybridized carbons (Fsp3) is 0.0588. The summed E-state index contributed by atoms with van der Waals surface area (Å²) in [6, 6.07) is 12.2. The largest absolute Gasteiger partial charge is 0.319 e. The summed E-state index contributed by atoms with van der Waals surface area (Å²) in [7, 11) is 0. The van der Waals surface area contributed by atoms with E-state index in [1.165, 1.54) is 4.68 Å². The molecule has 2 heterocycles. The van der Waals surface area contributed by atoms with E-state index in [0.29, 0.717) is 26.7 Å². The van der Waals surface area contributed by atoms with Crippen molar-refractivity contribution in [1.29, 1.82) is 5.26 Å². The topological polar surface area (TPSA) is 83.6 Å². The van der Waals surface area contributed by atoms with Crippen LogP contribution >= 0.6 is 27.5 Å². The second-order valence-corrected chi connectivity index (χ2v) is 6.36. The van der Waals surface area contributed by atoms with E-state index >= 15 is 0 Å². The highest BCUT2D eigenvalue weighted by atomic mass is 79.9. The number of para-hydroxylation sites is 1. The van der Waals surface area contributed by atoms with E-state index in [9.17, 15) is 10.1 Å². The zero-order valence-corrected chi connectivity index (χ0v) is 15.3. The number of nitriles is 1. The molecule has 0 atom stereocenters. The van der Waals surface area contributed by atoms with E-state index in [0.717, 1.165) is 5.56 Å². The van der Waals surface area contributed by atoms with Gasteiger partial charge in [-0.25, -0.2) is 9.67 Å². The minimum absolute atomic E-state index is 0.236. The number of hydrogen-bond donors (Lipinski definition) is 1. The molecule has 0 unspecified atom stereocenters. The van der Waals surface area contributed by atoms with Crippen molar-refractivity contribution in [3.63, 3.8) is 0 Å². The van der Waals surface area contributed by atoms with Crippen LogP contribution in [-0.2, 0) is 0 Å². The Hall–Kier alpha value is -2.69. The fourth-order valence-corrected chi connectivity index (χ4v) is 2.89. The van der Waals surface area contributed by atoms with Gasteiger partial charge in [-0.05, 0) is 46.6 Å². The number of carbonyl (C=O) groups excluding carboxylic acids is 1. The van der Waals surface area contributed by atoms with Crippen LogP contribution in [0.15, 0.2) is 47.2 Å². The average Bonchev–Trinajstić information content (AvgIpc) is 2.98. The summed E-state index contributed by atoms with van der Waals surface area (Å²) in [5.74, 6) is -0.0870. The molecule has 0 aliphatic rings. The predicted octanol–water partition coefficient (Wildman–Crippen LogP) is 4.12. The number of nitrogens with zero attached hydrogens (tertiary/aromatic N) is 4. The second-order valence-electron chi connectivity index (χ2n) is 5.14. The summed E-state index contributed by atoms with van der Waals surface area (Å²) >= 11 is 9.43. The molecule has 3 aromatic rings. The summed E-state index contributed by atoms with van der Waals surface area (Å²) in [6.45, 7) is 1.82. The first-order chi connectivity index (χ1) is 12.0. The number of amides is 1. The maximum Gasteiger partial charge on any atom is 0.274 e. The number of pyridine rings is 1. The van der Waals surface area contributed by atoms with Crippen molar-refractivity contribution in [3.05, 3.63) is 69.0 Å². The molecule has 2 aromatic heterocycles. The lowest BCUT2D eigenvalue weighted by molar-refractivity contribution is 0.101. The maximum atomic E-state index is 12.8. The Labute approximate surface area is 157 Å². The molecule has 0 spiro atoms. The minimum Gasteiger partial charge on any atom is -0.319 e. The van der Waals surface area contributed by atoms with Crippen LogP contribution in [0.3, 0.4) is 0 Å². The molecule has 0 aliphatic carbocycles. The van der Waals surface area contributed by atoms with Crippen molar-refractivity contribution in [1.82, 2.24) is 14.8 Å². The van der Waals surface area contributed by atoms with Gasteiger partial charge in [-0.15, -0.1) is 0 Å². The number of halogens is 2. The van der Waals surface area contributed by atoms with Crippen molar-refractivity contribution < 1.29 is 4.79 Å². The van der Waals surface area contributed by atoms with Crippen LogP contribution in [0, 0.1) is 18.3 Å². The summed E-state index contributed by atoms with van der Waals surface area (Å²) in [6.07, 6.45) is 1.56. The first-order valence-corrected chi connectivity index (χ1v) is 8.36. The number of nitrogens with one attached hydrogen (secondary N) is 1. The zero-order chi connectivity index (χ0) is 18.0. The number of benzene rings is 1. The van der Waals surface area contributed by atoms with Gasteiger partial charge in [0.2, 0.25) is 0 Å². The van der Waals surface area contributed by atoms with Gasteiger partial charge < -0.3 is 5.32 Å². The standard InChI is InChI=1S/C17H11BrClN5O/c1-10-4-2-5-11(9-20)15(10)22-17(25)13-8-14(18)23-24(13)16-12(19)6-3-7-21-16/h2-8H,1H3,(H,22,25). The van der Waals surface area contributed by atoms with Gasteiger partial charge in [0.15, 0.2) is 5.82 Å². The highest BCUT2D eigenvalue weighted by Crippen LogP contribution is 2.24. The molecule has 0 fully saturated rings. The van der Waals surface area contributed by atoms with Crippen LogP contribution in [0.25, 0.3) is 5.82 Å². The number of carbonyl (C=O) groups is 1. The molecule has 1 amide bonds. The number of rotatable bonds is 3. The van der Waals surface area contributed by atoms with Crippen molar-refractivity contribution in [2.24, 2.45) is 0 Å². The lowest BCUT2D eigenvalue weighted by atomic mass is 10.1. The smallest absolute Gasteiger partial charge is 0.274 e. The normalized spacial score (nSPS) is 10.3. The number of hydrogen-bond acceptors (Lipinski definition) is 4. The minimum atomic E-state index is -0.425. The molecule has 25 heavy (non-hydrogen) atoms. The number of aryl methyl sites for hydroxylation is 1. The summed E-state index contributed by atoms with van der Waals surface area (Å²) in [5.41, 5.74) is 1.87. The fourth-order valence-electron chi connectivity index (χ4n) is 2.31. The molecule has 6 nitrogen and oxygen atoms in total. The van der Waals surface area contributed by atoms with E-state index in [1.54, 1.807) is 36.5 Å². The molecule has 0 aliphatic heterocycles. The van der Waals surface area contributed by atoms with Crippen LogP contribution in [0.2, 0.25) is 5.02 Å². The van der Waals surface area contributed by atoms with Gasteiger partial charge in [0, 0.05) is 12.3 Å². The van der Waals surface area contributed by atoms with Crippen LogP contribution in [0.5, 0.6) is 0 Å². The first kappa shape index (κ1) is 17.1. The Bertz CT molecular complexity index is 1010. The first-order valence-electron chi connectivity index (χ1n) is 7.19. The van der Waals surface area contributed by atoms with E-state index in [4.69, 9.17) is 11.6 Å². The van der Waals surface area contributed by atoms with Crippen molar-refractivity contribution in [2.75, 3.05) is 5.32 Å². The Kier molecular flexibility index (Phi) is 4.83. The monoisotopic (exact) mass is 415 g/mol. The third kappa shape index (κ3) is 3.40. The number of aromatic nitrogens is 3. The highest BCUT2D eigenvalue weighted by Gasteiger charge is 2.20. The van der Waals surface area contributed by atoms with Gasteiger partial charge in [-0.1, -0.05) is 23.7 Å². The molecule has 0 saturated carbocycles. The second kappa shape index (κ2) is 7.05. The Morgan fingerprint density at radius 3 is 2.88 bits per heavy atom. The van der Waals surface area contributed by atoms with Gasteiger partial charge >= 0.3 is 0 Å².